The molecule has 0 atom stereocenters. The fraction of sp³-hybridized carbons (Fsp3) is 0.556. The highest BCUT2D eigenvalue weighted by Crippen LogP contribution is 2.10. The molecule has 0 heterocycles. The normalized spacial score (nSPS) is 12.0. The summed E-state index contributed by atoms with van der Waals surface area (Å²) in [5.74, 6) is 0.795. The highest BCUT2D eigenvalue weighted by atomic mass is 16.2. The van der Waals surface area contributed by atoms with Crippen molar-refractivity contribution in [3.05, 3.63) is 29.8 Å². The Morgan fingerprint density at radius 1 is 1.17 bits per heavy atom. The third-order valence-electron chi connectivity index (χ3n) is 2.89. The first kappa shape index (κ1) is 19.8. The Hall–Kier alpha value is -2.24. The highest BCUT2D eigenvalue weighted by Gasteiger charge is 2.11. The van der Waals surface area contributed by atoms with Crippen LogP contribution in [0.2, 0.25) is 0 Å². The predicted molar refractivity (Wildman–Crippen MR) is 101 cm³/mol. The molecule has 0 saturated carbocycles. The summed E-state index contributed by atoms with van der Waals surface area (Å²) in [5, 5.41) is 12.2. The SMILES string of the molecule is CCNC(=NCc1ccc(NC(=O)NC(C)C)cc1)NC(C)(C)C. The van der Waals surface area contributed by atoms with Crippen LogP contribution in [0.1, 0.15) is 47.1 Å². The van der Waals surface area contributed by atoms with Crippen molar-refractivity contribution in [2.45, 2.75) is 59.7 Å². The van der Waals surface area contributed by atoms with Gasteiger partial charge in [0.1, 0.15) is 0 Å². The van der Waals surface area contributed by atoms with Gasteiger partial charge in [-0.3, -0.25) is 0 Å². The Kier molecular flexibility index (Phi) is 7.55. The monoisotopic (exact) mass is 333 g/mol. The maximum atomic E-state index is 11.7. The zero-order valence-corrected chi connectivity index (χ0v) is 15.7. The van der Waals surface area contributed by atoms with Gasteiger partial charge in [0.05, 0.1) is 6.54 Å². The summed E-state index contributed by atoms with van der Waals surface area (Å²) in [6, 6.07) is 7.62. The number of amides is 2. The Balaban J connectivity index is 2.64. The molecule has 24 heavy (non-hydrogen) atoms. The Bertz CT molecular complexity index is 544. The summed E-state index contributed by atoms with van der Waals surface area (Å²) < 4.78 is 0. The molecule has 4 N–H and O–H groups in total. The van der Waals surface area contributed by atoms with Crippen LogP contribution in [0.5, 0.6) is 0 Å². The molecule has 0 unspecified atom stereocenters. The number of carbonyl (C=O) groups is 1. The van der Waals surface area contributed by atoms with Crippen LogP contribution in [0.25, 0.3) is 0 Å². The van der Waals surface area contributed by atoms with E-state index in [4.69, 9.17) is 0 Å². The van der Waals surface area contributed by atoms with E-state index in [0.717, 1.165) is 23.8 Å². The van der Waals surface area contributed by atoms with Crippen molar-refractivity contribution in [2.24, 2.45) is 4.99 Å². The smallest absolute Gasteiger partial charge is 0.319 e. The topological polar surface area (TPSA) is 77.5 Å². The van der Waals surface area contributed by atoms with Crippen LogP contribution in [0.4, 0.5) is 10.5 Å². The van der Waals surface area contributed by atoms with Crippen molar-refractivity contribution in [3.8, 4) is 0 Å². The number of aliphatic imine (C=N–C) groups is 1. The van der Waals surface area contributed by atoms with Crippen LogP contribution in [-0.4, -0.2) is 30.1 Å². The van der Waals surface area contributed by atoms with E-state index in [1.165, 1.54) is 0 Å². The van der Waals surface area contributed by atoms with Crippen molar-refractivity contribution in [1.29, 1.82) is 0 Å². The molecule has 134 valence electrons. The number of nitrogens with one attached hydrogen (secondary N) is 4. The first-order valence-corrected chi connectivity index (χ1v) is 8.42. The standard InChI is InChI=1S/C18H31N5O/c1-7-19-16(23-18(4,5)6)20-12-14-8-10-15(11-9-14)22-17(24)21-13(2)3/h8-11,13H,7,12H2,1-6H3,(H2,19,20,23)(H2,21,22,24). The first-order chi connectivity index (χ1) is 11.2. The third-order valence-corrected chi connectivity index (χ3v) is 2.89. The van der Waals surface area contributed by atoms with E-state index >= 15 is 0 Å². The molecule has 0 bridgehead atoms. The van der Waals surface area contributed by atoms with Gasteiger partial charge >= 0.3 is 6.03 Å². The molecule has 0 fully saturated rings. The summed E-state index contributed by atoms with van der Waals surface area (Å²) in [6.07, 6.45) is 0. The second-order valence-electron chi connectivity index (χ2n) is 7.02. The number of urea groups is 1. The molecule has 0 aromatic heterocycles. The zero-order valence-electron chi connectivity index (χ0n) is 15.7. The molecule has 1 rings (SSSR count). The average molecular weight is 333 g/mol. The van der Waals surface area contributed by atoms with Gasteiger partial charge in [0.15, 0.2) is 5.96 Å². The molecule has 6 nitrogen and oxygen atoms in total. The second kappa shape index (κ2) is 9.15. The van der Waals surface area contributed by atoms with E-state index in [1.807, 2.05) is 45.0 Å². The third kappa shape index (κ3) is 8.41. The van der Waals surface area contributed by atoms with Gasteiger partial charge in [0, 0.05) is 23.8 Å². The van der Waals surface area contributed by atoms with Crippen molar-refractivity contribution in [2.75, 3.05) is 11.9 Å². The fourth-order valence-electron chi connectivity index (χ4n) is 1.96. The van der Waals surface area contributed by atoms with Gasteiger partial charge in [0.25, 0.3) is 0 Å². The summed E-state index contributed by atoms with van der Waals surface area (Å²) >= 11 is 0. The second-order valence-corrected chi connectivity index (χ2v) is 7.02. The van der Waals surface area contributed by atoms with Crippen LogP contribution < -0.4 is 21.3 Å². The van der Waals surface area contributed by atoms with Gasteiger partial charge in [-0.2, -0.15) is 0 Å². The molecule has 0 saturated heterocycles. The number of carbonyl (C=O) groups excluding carboxylic acids is 1. The fourth-order valence-corrected chi connectivity index (χ4v) is 1.96. The molecular formula is C18H31N5O. The highest BCUT2D eigenvalue weighted by molar-refractivity contribution is 5.89. The number of hydrogen-bond acceptors (Lipinski definition) is 2. The summed E-state index contributed by atoms with van der Waals surface area (Å²) in [4.78, 5) is 16.3. The molecule has 1 aromatic rings. The van der Waals surface area contributed by atoms with Gasteiger partial charge in [0.2, 0.25) is 0 Å². The molecular weight excluding hydrogens is 302 g/mol. The molecule has 0 aliphatic carbocycles. The predicted octanol–water partition coefficient (Wildman–Crippen LogP) is 3.07. The molecule has 1 aromatic carbocycles. The maximum absolute atomic E-state index is 11.7. The van der Waals surface area contributed by atoms with Crippen molar-refractivity contribution < 1.29 is 4.79 Å². The lowest BCUT2D eigenvalue weighted by Crippen LogP contribution is -2.47. The zero-order chi connectivity index (χ0) is 18.2. The van der Waals surface area contributed by atoms with E-state index in [0.29, 0.717) is 6.54 Å². The molecule has 0 spiro atoms. The molecule has 0 aliphatic rings. The largest absolute Gasteiger partial charge is 0.357 e. The first-order valence-electron chi connectivity index (χ1n) is 8.42. The Morgan fingerprint density at radius 2 is 1.79 bits per heavy atom. The van der Waals surface area contributed by atoms with Gasteiger partial charge < -0.3 is 21.3 Å². The van der Waals surface area contributed by atoms with Gasteiger partial charge in [-0.25, -0.2) is 9.79 Å². The molecule has 6 heteroatoms. The van der Waals surface area contributed by atoms with Crippen LogP contribution >= 0.6 is 0 Å². The van der Waals surface area contributed by atoms with E-state index in [2.05, 4.69) is 47.0 Å². The van der Waals surface area contributed by atoms with Gasteiger partial charge in [-0.05, 0) is 59.2 Å². The van der Waals surface area contributed by atoms with Crippen LogP contribution in [0, 0.1) is 0 Å². The van der Waals surface area contributed by atoms with E-state index < -0.39 is 0 Å². The maximum Gasteiger partial charge on any atom is 0.319 e. The molecule has 0 aliphatic heterocycles. The van der Waals surface area contributed by atoms with Crippen molar-refractivity contribution in [3.63, 3.8) is 0 Å². The van der Waals surface area contributed by atoms with Crippen molar-refractivity contribution >= 4 is 17.7 Å². The number of nitrogens with zero attached hydrogens (tertiary/aromatic N) is 1. The summed E-state index contributed by atoms with van der Waals surface area (Å²) in [6.45, 7) is 13.6. The number of benzene rings is 1. The number of hydrogen-bond donors (Lipinski definition) is 4. The van der Waals surface area contributed by atoms with Crippen LogP contribution in [0.3, 0.4) is 0 Å². The number of guanidine groups is 1. The summed E-state index contributed by atoms with van der Waals surface area (Å²) in [7, 11) is 0. The van der Waals surface area contributed by atoms with Gasteiger partial charge in [-0.15, -0.1) is 0 Å². The van der Waals surface area contributed by atoms with Crippen LogP contribution in [-0.2, 0) is 6.54 Å². The Morgan fingerprint density at radius 3 is 2.29 bits per heavy atom. The van der Waals surface area contributed by atoms with Gasteiger partial charge in [-0.1, -0.05) is 12.1 Å². The van der Waals surface area contributed by atoms with Crippen LogP contribution in [0.15, 0.2) is 29.3 Å². The summed E-state index contributed by atoms with van der Waals surface area (Å²) in [5.41, 5.74) is 1.80. The molecule has 0 radical (unpaired) electrons. The lowest BCUT2D eigenvalue weighted by atomic mass is 10.1. The lowest BCUT2D eigenvalue weighted by molar-refractivity contribution is 0.250. The van der Waals surface area contributed by atoms with E-state index in [-0.39, 0.29) is 17.6 Å². The minimum atomic E-state index is -0.195. The minimum absolute atomic E-state index is 0.0431. The van der Waals surface area contributed by atoms with E-state index in [9.17, 15) is 4.79 Å². The van der Waals surface area contributed by atoms with E-state index in [1.54, 1.807) is 0 Å². The molecule has 2 amide bonds. The minimum Gasteiger partial charge on any atom is -0.357 e. The quantitative estimate of drug-likeness (QED) is 0.494. The average Bonchev–Trinajstić information content (AvgIpc) is 2.44. The number of rotatable bonds is 5. The lowest BCUT2D eigenvalue weighted by Gasteiger charge is -2.23. The van der Waals surface area contributed by atoms with Crippen molar-refractivity contribution in [1.82, 2.24) is 16.0 Å². The Labute approximate surface area is 145 Å². The number of anilines is 1.